The second kappa shape index (κ2) is 16.3. The lowest BCUT2D eigenvalue weighted by molar-refractivity contribution is -0.134. The van der Waals surface area contributed by atoms with E-state index >= 15 is 0 Å². The van der Waals surface area contributed by atoms with Gasteiger partial charge in [-0.1, -0.05) is 96.5 Å². The summed E-state index contributed by atoms with van der Waals surface area (Å²) in [6.45, 7) is 2.92. The molecular formula is C38H41ClN4O4. The number of hydrogen-bond donors (Lipinski definition) is 4. The molecule has 47 heavy (non-hydrogen) atoms. The van der Waals surface area contributed by atoms with Crippen LogP contribution in [0.5, 0.6) is 0 Å². The highest BCUT2D eigenvalue weighted by molar-refractivity contribution is 6.30. The van der Waals surface area contributed by atoms with Crippen LogP contribution in [-0.2, 0) is 38.4 Å². The Kier molecular flexibility index (Phi) is 11.8. The zero-order valence-electron chi connectivity index (χ0n) is 26.5. The lowest BCUT2D eigenvalue weighted by Gasteiger charge is -2.27. The van der Waals surface area contributed by atoms with Crippen LogP contribution >= 0.6 is 11.6 Å². The first-order chi connectivity index (χ1) is 22.7. The smallest absolute Gasteiger partial charge is 0.243 e. The van der Waals surface area contributed by atoms with Gasteiger partial charge in [-0.25, -0.2) is 0 Å². The van der Waals surface area contributed by atoms with Gasteiger partial charge < -0.3 is 21.3 Å². The maximum Gasteiger partial charge on any atom is 0.243 e. The lowest BCUT2D eigenvalue weighted by Crippen LogP contribution is -2.57. The van der Waals surface area contributed by atoms with E-state index in [0.717, 1.165) is 40.6 Å². The maximum atomic E-state index is 14.0. The Morgan fingerprint density at radius 2 is 1.19 bits per heavy atom. The van der Waals surface area contributed by atoms with E-state index in [1.165, 1.54) is 6.92 Å². The van der Waals surface area contributed by atoms with Crippen LogP contribution < -0.4 is 21.3 Å². The van der Waals surface area contributed by atoms with Crippen LogP contribution in [0.4, 0.5) is 0 Å². The van der Waals surface area contributed by atoms with Crippen LogP contribution in [0.3, 0.4) is 0 Å². The Labute approximate surface area is 280 Å². The minimum absolute atomic E-state index is 0.185. The number of fused-ring (bicyclic) bond motifs is 1. The molecule has 1 aliphatic rings. The van der Waals surface area contributed by atoms with Crippen molar-refractivity contribution in [2.45, 2.75) is 57.2 Å². The number of benzene rings is 4. The summed E-state index contributed by atoms with van der Waals surface area (Å²) in [4.78, 5) is 54.0. The van der Waals surface area contributed by atoms with Crippen LogP contribution in [0.1, 0.15) is 36.5 Å². The van der Waals surface area contributed by atoms with Gasteiger partial charge in [0.05, 0.1) is 6.04 Å². The fourth-order valence-corrected chi connectivity index (χ4v) is 6.07. The molecule has 4 aromatic carbocycles. The zero-order chi connectivity index (χ0) is 33.2. The number of ketones is 1. The predicted octanol–water partition coefficient (Wildman–Crippen LogP) is 4.56. The van der Waals surface area contributed by atoms with Gasteiger partial charge in [0.1, 0.15) is 12.1 Å². The van der Waals surface area contributed by atoms with E-state index in [-0.39, 0.29) is 30.4 Å². The molecule has 244 valence electrons. The summed E-state index contributed by atoms with van der Waals surface area (Å²) in [5.41, 5.74) is 2.57. The van der Waals surface area contributed by atoms with Crippen molar-refractivity contribution in [3.63, 3.8) is 0 Å². The molecule has 5 rings (SSSR count). The Morgan fingerprint density at radius 3 is 1.87 bits per heavy atom. The molecule has 3 atom stereocenters. The van der Waals surface area contributed by atoms with Gasteiger partial charge in [0.15, 0.2) is 5.78 Å². The zero-order valence-corrected chi connectivity index (χ0v) is 27.3. The van der Waals surface area contributed by atoms with Crippen LogP contribution in [0, 0.1) is 5.92 Å². The van der Waals surface area contributed by atoms with Crippen LogP contribution in [0.2, 0.25) is 5.02 Å². The largest absolute Gasteiger partial charge is 0.344 e. The summed E-state index contributed by atoms with van der Waals surface area (Å²) in [6, 6.07) is 27.7. The molecule has 0 aromatic heterocycles. The third-order valence-corrected chi connectivity index (χ3v) is 8.92. The first kappa shape index (κ1) is 33.8. The van der Waals surface area contributed by atoms with Crippen LogP contribution in [-0.4, -0.2) is 54.7 Å². The van der Waals surface area contributed by atoms with Crippen molar-refractivity contribution >= 4 is 45.9 Å². The molecule has 0 aliphatic carbocycles. The van der Waals surface area contributed by atoms with Crippen molar-refractivity contribution in [2.75, 3.05) is 13.1 Å². The van der Waals surface area contributed by atoms with Gasteiger partial charge in [0.25, 0.3) is 0 Å². The number of hydrogen-bond acceptors (Lipinski definition) is 5. The average molecular weight is 653 g/mol. The minimum Gasteiger partial charge on any atom is -0.344 e. The molecule has 8 nitrogen and oxygen atoms in total. The van der Waals surface area contributed by atoms with Gasteiger partial charge in [0, 0.05) is 23.8 Å². The number of carbonyl (C=O) groups excluding carboxylic acids is 4. The molecule has 1 aliphatic heterocycles. The Hall–Kier alpha value is -4.53. The van der Waals surface area contributed by atoms with Gasteiger partial charge >= 0.3 is 0 Å². The number of halogens is 1. The fraction of sp³-hybridized carbons (Fsp3) is 0.316. The molecule has 1 heterocycles. The van der Waals surface area contributed by atoms with Gasteiger partial charge in [-0.05, 0) is 78.9 Å². The molecule has 0 saturated carbocycles. The van der Waals surface area contributed by atoms with E-state index in [0.29, 0.717) is 24.3 Å². The normalized spacial score (nSPS) is 15.3. The SMILES string of the molecule is CC(=O)C(Cc1ccccc1)NC(=O)C(Cc1ccc2ccccc2c1)NC(=O)C(Cc1ccc(Cl)cc1)NC(=O)C1CCNCC1. The summed E-state index contributed by atoms with van der Waals surface area (Å²) < 4.78 is 0. The van der Waals surface area contributed by atoms with Crippen molar-refractivity contribution in [3.05, 3.63) is 119 Å². The van der Waals surface area contributed by atoms with Gasteiger partial charge in [-0.15, -0.1) is 0 Å². The summed E-state index contributed by atoms with van der Waals surface area (Å²) >= 11 is 6.11. The highest BCUT2D eigenvalue weighted by Gasteiger charge is 2.31. The molecular weight excluding hydrogens is 612 g/mol. The Morgan fingerprint density at radius 1 is 0.660 bits per heavy atom. The number of rotatable bonds is 13. The number of piperidine rings is 1. The first-order valence-corrected chi connectivity index (χ1v) is 16.5. The third kappa shape index (κ3) is 9.73. The van der Waals surface area contributed by atoms with E-state index in [1.807, 2.05) is 84.9 Å². The third-order valence-electron chi connectivity index (χ3n) is 8.67. The minimum atomic E-state index is -1.01. The molecule has 3 unspecified atom stereocenters. The summed E-state index contributed by atoms with van der Waals surface area (Å²) in [5, 5.41) is 14.7. The molecule has 9 heteroatoms. The predicted molar refractivity (Wildman–Crippen MR) is 185 cm³/mol. The molecule has 4 aromatic rings. The molecule has 3 amide bonds. The highest BCUT2D eigenvalue weighted by Crippen LogP contribution is 2.18. The highest BCUT2D eigenvalue weighted by atomic mass is 35.5. The second-order valence-electron chi connectivity index (χ2n) is 12.2. The molecule has 4 N–H and O–H groups in total. The van der Waals surface area contributed by atoms with Crippen molar-refractivity contribution in [1.82, 2.24) is 21.3 Å². The topological polar surface area (TPSA) is 116 Å². The maximum absolute atomic E-state index is 14.0. The molecule has 1 fully saturated rings. The van der Waals surface area contributed by atoms with E-state index < -0.39 is 29.9 Å². The van der Waals surface area contributed by atoms with Crippen molar-refractivity contribution in [1.29, 1.82) is 0 Å². The monoisotopic (exact) mass is 652 g/mol. The average Bonchev–Trinajstić information content (AvgIpc) is 3.09. The lowest BCUT2D eigenvalue weighted by atomic mass is 9.96. The first-order valence-electron chi connectivity index (χ1n) is 16.1. The van der Waals surface area contributed by atoms with Gasteiger partial charge in [-0.2, -0.15) is 0 Å². The quantitative estimate of drug-likeness (QED) is 0.169. The van der Waals surface area contributed by atoms with Gasteiger partial charge in [0.2, 0.25) is 17.7 Å². The van der Waals surface area contributed by atoms with Gasteiger partial charge in [-0.3, -0.25) is 19.2 Å². The number of amides is 3. The van der Waals surface area contributed by atoms with E-state index in [9.17, 15) is 19.2 Å². The number of Topliss-reactive ketones (excluding diaryl/α,β-unsaturated/α-hetero) is 1. The summed E-state index contributed by atoms with van der Waals surface area (Å²) in [7, 11) is 0. The Bertz CT molecular complexity index is 1690. The summed E-state index contributed by atoms with van der Waals surface area (Å²) in [6.07, 6.45) is 2.09. The van der Waals surface area contributed by atoms with Crippen LogP contribution in [0.25, 0.3) is 10.8 Å². The molecule has 0 bridgehead atoms. The molecule has 0 spiro atoms. The second-order valence-corrected chi connectivity index (χ2v) is 12.7. The van der Waals surface area contributed by atoms with Crippen molar-refractivity contribution in [3.8, 4) is 0 Å². The fourth-order valence-electron chi connectivity index (χ4n) is 5.94. The van der Waals surface area contributed by atoms with Crippen molar-refractivity contribution < 1.29 is 19.2 Å². The Balaban J connectivity index is 1.40. The van der Waals surface area contributed by atoms with E-state index in [1.54, 1.807) is 12.1 Å². The van der Waals surface area contributed by atoms with E-state index in [4.69, 9.17) is 11.6 Å². The van der Waals surface area contributed by atoms with Crippen LogP contribution in [0.15, 0.2) is 97.1 Å². The van der Waals surface area contributed by atoms with Crippen molar-refractivity contribution in [2.24, 2.45) is 5.92 Å². The standard InChI is InChI=1S/C38H41ClN4O4/c1-25(44)33(22-26-7-3-2-4-8-26)41-37(46)35(24-28-11-14-29-9-5-6-10-31(29)21-28)43-38(47)34(23-27-12-15-32(39)16-13-27)42-36(45)30-17-19-40-20-18-30/h2-16,21,30,33-35,40H,17-20,22-24H2,1H3,(H,41,46)(H,42,45)(H,43,47). The summed E-state index contributed by atoms with van der Waals surface area (Å²) in [5.74, 6) is -1.53. The molecule has 1 saturated heterocycles. The number of carbonyl (C=O) groups is 4. The van der Waals surface area contributed by atoms with E-state index in [2.05, 4.69) is 21.3 Å². The molecule has 0 radical (unpaired) electrons. The number of nitrogens with one attached hydrogen (secondary N) is 4.